The molecule has 1 N–H and O–H groups in total. The lowest BCUT2D eigenvalue weighted by atomic mass is 10.2. The van der Waals surface area contributed by atoms with Crippen LogP contribution < -0.4 is 5.32 Å². The molecule has 2 aromatic carbocycles. The zero-order valence-corrected chi connectivity index (χ0v) is 15.6. The molecule has 140 valence electrons. The molecule has 1 aromatic heterocycles. The van der Waals surface area contributed by atoms with Gasteiger partial charge in [0.25, 0.3) is 11.8 Å². The van der Waals surface area contributed by atoms with Crippen LogP contribution in [0.1, 0.15) is 22.0 Å². The summed E-state index contributed by atoms with van der Waals surface area (Å²) >= 11 is 0. The highest BCUT2D eigenvalue weighted by Crippen LogP contribution is 2.58. The van der Waals surface area contributed by atoms with Crippen LogP contribution in [0.2, 0.25) is 0 Å². The first-order valence-electron chi connectivity index (χ1n) is 8.03. The van der Waals surface area contributed by atoms with Crippen molar-refractivity contribution in [1.29, 1.82) is 0 Å². The third kappa shape index (κ3) is 4.14. The van der Waals surface area contributed by atoms with E-state index >= 15 is 0 Å². The summed E-state index contributed by atoms with van der Waals surface area (Å²) in [6, 6.07) is 17.6. The van der Waals surface area contributed by atoms with Gasteiger partial charge in [-0.2, -0.15) is 0 Å². The topological polar surface area (TPSA) is 104 Å². The van der Waals surface area contributed by atoms with Crippen LogP contribution in [0.3, 0.4) is 0 Å². The maximum absolute atomic E-state index is 13.0. The highest BCUT2D eigenvalue weighted by atomic mass is 31.2. The Labute approximate surface area is 156 Å². The Morgan fingerprint density at radius 2 is 1.59 bits per heavy atom. The van der Waals surface area contributed by atoms with Crippen molar-refractivity contribution in [3.05, 3.63) is 72.1 Å². The second kappa shape index (κ2) is 8.26. The smallest absolute Gasteiger partial charge is 0.361 e. The van der Waals surface area contributed by atoms with E-state index in [1.807, 2.05) is 18.2 Å². The minimum Gasteiger partial charge on any atom is -0.418 e. The number of hydrogen-bond acceptors (Lipinski definition) is 7. The highest BCUT2D eigenvalue weighted by Gasteiger charge is 2.41. The molecule has 9 heteroatoms. The Bertz CT molecular complexity index is 938. The van der Waals surface area contributed by atoms with E-state index in [4.69, 9.17) is 13.5 Å². The second-order valence-corrected chi connectivity index (χ2v) is 7.78. The predicted molar refractivity (Wildman–Crippen MR) is 98.0 cm³/mol. The molecule has 1 atom stereocenters. The number of benzene rings is 2. The molecule has 27 heavy (non-hydrogen) atoms. The summed E-state index contributed by atoms with van der Waals surface area (Å²) < 4.78 is 28.7. The maximum atomic E-state index is 13.0. The number of amides is 1. The van der Waals surface area contributed by atoms with Crippen LogP contribution in [-0.4, -0.2) is 30.3 Å². The number of hydrogen-bond donors (Lipinski definition) is 1. The third-order valence-electron chi connectivity index (χ3n) is 3.82. The molecule has 0 saturated carbocycles. The molecular weight excluding hydrogens is 369 g/mol. The van der Waals surface area contributed by atoms with E-state index in [0.29, 0.717) is 11.1 Å². The van der Waals surface area contributed by atoms with Crippen molar-refractivity contribution >= 4 is 13.5 Å². The zero-order valence-electron chi connectivity index (χ0n) is 14.7. The molecular formula is C18H18N3O5P. The van der Waals surface area contributed by atoms with E-state index in [2.05, 4.69) is 15.5 Å². The van der Waals surface area contributed by atoms with Gasteiger partial charge in [0, 0.05) is 25.3 Å². The number of rotatable bonds is 7. The van der Waals surface area contributed by atoms with Gasteiger partial charge in [0.15, 0.2) is 0 Å². The van der Waals surface area contributed by atoms with E-state index in [1.54, 1.807) is 42.5 Å². The van der Waals surface area contributed by atoms with Crippen LogP contribution in [0.4, 0.5) is 0 Å². The Hall–Kier alpha value is -2.80. The van der Waals surface area contributed by atoms with Crippen molar-refractivity contribution in [2.24, 2.45) is 0 Å². The van der Waals surface area contributed by atoms with E-state index in [0.717, 1.165) is 0 Å². The summed E-state index contributed by atoms with van der Waals surface area (Å²) in [7, 11) is -1.35. The maximum Gasteiger partial charge on any atom is 0.361 e. The van der Waals surface area contributed by atoms with Crippen molar-refractivity contribution in [3.8, 4) is 11.5 Å². The normalized spacial score (nSPS) is 12.5. The van der Waals surface area contributed by atoms with Crippen LogP contribution >= 0.6 is 7.60 Å². The molecule has 8 nitrogen and oxygen atoms in total. The number of nitrogens with zero attached hydrogens (tertiary/aromatic N) is 2. The Kier molecular flexibility index (Phi) is 5.81. The van der Waals surface area contributed by atoms with E-state index in [1.165, 1.54) is 14.2 Å². The summed E-state index contributed by atoms with van der Waals surface area (Å²) in [5.41, 5.74) is 1.07. The molecule has 0 fully saturated rings. The molecule has 0 unspecified atom stereocenters. The quantitative estimate of drug-likeness (QED) is 0.617. The molecule has 1 heterocycles. The van der Waals surface area contributed by atoms with E-state index in [9.17, 15) is 9.36 Å². The third-order valence-corrected chi connectivity index (χ3v) is 5.82. The zero-order chi connectivity index (χ0) is 19.3. The van der Waals surface area contributed by atoms with Gasteiger partial charge in [0.05, 0.1) is 0 Å². The summed E-state index contributed by atoms with van der Waals surface area (Å²) in [5.74, 6) is -1.59. The lowest BCUT2D eigenvalue weighted by Crippen LogP contribution is -2.29. The standard InChI is InChI=1S/C18H18N3O5P/c1-24-27(23,25-2)18(19-15(22)13-9-5-3-6-10-13)17-21-20-16(26-17)14-11-7-4-8-12-14/h3-12,18H,1-2H3,(H,19,22)/t18-/m1/s1. The average molecular weight is 387 g/mol. The molecule has 0 aliphatic rings. The fourth-order valence-corrected chi connectivity index (χ4v) is 3.62. The minimum atomic E-state index is -3.79. The summed E-state index contributed by atoms with van der Waals surface area (Å²) in [6.07, 6.45) is 0. The van der Waals surface area contributed by atoms with Gasteiger partial charge in [-0.25, -0.2) is 0 Å². The van der Waals surface area contributed by atoms with Gasteiger partial charge >= 0.3 is 7.60 Å². The van der Waals surface area contributed by atoms with Crippen molar-refractivity contribution in [2.45, 2.75) is 5.78 Å². The molecule has 0 radical (unpaired) electrons. The van der Waals surface area contributed by atoms with Crippen molar-refractivity contribution in [1.82, 2.24) is 15.5 Å². The lowest BCUT2D eigenvalue weighted by Gasteiger charge is -2.22. The summed E-state index contributed by atoms with van der Waals surface area (Å²) in [4.78, 5) is 12.6. The number of carbonyl (C=O) groups excluding carboxylic acids is 1. The van der Waals surface area contributed by atoms with Crippen molar-refractivity contribution in [2.75, 3.05) is 14.2 Å². The molecule has 0 bridgehead atoms. The van der Waals surface area contributed by atoms with Gasteiger partial charge in [-0.15, -0.1) is 10.2 Å². The van der Waals surface area contributed by atoms with Crippen LogP contribution in [0.5, 0.6) is 0 Å². The SMILES string of the molecule is COP(=O)(OC)[C@@H](NC(=O)c1ccccc1)c1nnc(-c2ccccc2)o1. The van der Waals surface area contributed by atoms with E-state index < -0.39 is 19.3 Å². The Morgan fingerprint density at radius 3 is 2.19 bits per heavy atom. The summed E-state index contributed by atoms with van der Waals surface area (Å²) in [6.45, 7) is 0. The van der Waals surface area contributed by atoms with Crippen LogP contribution in [0.25, 0.3) is 11.5 Å². The van der Waals surface area contributed by atoms with Crippen molar-refractivity contribution in [3.63, 3.8) is 0 Å². The summed E-state index contributed by atoms with van der Waals surface area (Å²) in [5, 5.41) is 10.5. The fourth-order valence-electron chi connectivity index (χ4n) is 2.40. The van der Waals surface area contributed by atoms with E-state index in [-0.39, 0.29) is 11.8 Å². The average Bonchev–Trinajstić information content (AvgIpc) is 3.22. The van der Waals surface area contributed by atoms with Crippen LogP contribution in [-0.2, 0) is 13.6 Å². The molecule has 1 amide bonds. The fraction of sp³-hybridized carbons (Fsp3) is 0.167. The molecule has 0 aliphatic heterocycles. The second-order valence-electron chi connectivity index (χ2n) is 5.46. The number of nitrogens with one attached hydrogen (secondary N) is 1. The predicted octanol–water partition coefficient (Wildman–Crippen LogP) is 3.65. The largest absolute Gasteiger partial charge is 0.418 e. The Morgan fingerprint density at radius 1 is 1.00 bits per heavy atom. The number of aromatic nitrogens is 2. The van der Waals surface area contributed by atoms with Crippen LogP contribution in [0.15, 0.2) is 65.1 Å². The first kappa shape index (κ1) is 19.0. The van der Waals surface area contributed by atoms with Gasteiger partial charge in [-0.05, 0) is 24.3 Å². The van der Waals surface area contributed by atoms with Crippen molar-refractivity contribution < 1.29 is 22.8 Å². The molecule has 3 aromatic rings. The Balaban J connectivity index is 1.95. The molecule has 3 rings (SSSR count). The van der Waals surface area contributed by atoms with Gasteiger partial charge in [0.2, 0.25) is 11.7 Å². The lowest BCUT2D eigenvalue weighted by molar-refractivity contribution is 0.0935. The molecule has 0 aliphatic carbocycles. The monoisotopic (exact) mass is 387 g/mol. The van der Waals surface area contributed by atoms with Gasteiger partial charge in [0.1, 0.15) is 0 Å². The first-order chi connectivity index (χ1) is 13.1. The van der Waals surface area contributed by atoms with Gasteiger partial charge in [-0.1, -0.05) is 36.4 Å². The highest BCUT2D eigenvalue weighted by molar-refractivity contribution is 7.54. The van der Waals surface area contributed by atoms with Gasteiger partial charge < -0.3 is 18.8 Å². The molecule has 0 saturated heterocycles. The minimum absolute atomic E-state index is 0.0785. The first-order valence-corrected chi connectivity index (χ1v) is 9.64. The molecule has 0 spiro atoms. The van der Waals surface area contributed by atoms with Gasteiger partial charge in [-0.3, -0.25) is 9.36 Å². The number of carbonyl (C=O) groups is 1. The van der Waals surface area contributed by atoms with Crippen LogP contribution in [0, 0.1) is 0 Å².